The van der Waals surface area contributed by atoms with Gasteiger partial charge in [0.1, 0.15) is 0 Å². The first-order chi connectivity index (χ1) is 12.5. The number of nitrogens with zero attached hydrogens (tertiary/aromatic N) is 2. The van der Waals surface area contributed by atoms with E-state index in [0.29, 0.717) is 0 Å². The Kier molecular flexibility index (Phi) is 6.24. The van der Waals surface area contributed by atoms with Gasteiger partial charge in [-0.2, -0.15) is 5.10 Å². The molecule has 0 saturated heterocycles. The summed E-state index contributed by atoms with van der Waals surface area (Å²) in [6.45, 7) is 12.9. The van der Waals surface area contributed by atoms with Crippen molar-refractivity contribution in [1.29, 1.82) is 0 Å². The Balaban J connectivity index is 2.25. The van der Waals surface area contributed by atoms with Gasteiger partial charge in [-0.3, -0.25) is 0 Å². The van der Waals surface area contributed by atoms with Gasteiger partial charge in [-0.25, -0.2) is 4.68 Å². The lowest BCUT2D eigenvalue weighted by Gasteiger charge is -2.04. The summed E-state index contributed by atoms with van der Waals surface area (Å²) in [7, 11) is 0. The van der Waals surface area contributed by atoms with Crippen molar-refractivity contribution in [3.8, 4) is 5.69 Å². The second-order valence-corrected chi connectivity index (χ2v) is 8.59. The Hall–Kier alpha value is -1.53. The highest BCUT2D eigenvalue weighted by molar-refractivity contribution is 14.1. The standard InChI is InChI=1S/C22H23IN2S/c1-5-6-12-26-21-14-18(13-20(23)15(21)2)22-16(3)24-25(17(22)4)19-10-8-7-9-11-19/h7-11,13-14H,2,4-6,12H2,1,3H3/b22-18+. The molecule has 134 valence electrons. The van der Waals surface area contributed by atoms with Gasteiger partial charge in [0.05, 0.1) is 16.7 Å². The predicted molar refractivity (Wildman–Crippen MR) is 121 cm³/mol. The first kappa shape index (κ1) is 19.2. The van der Waals surface area contributed by atoms with Crippen LogP contribution in [0.2, 0.25) is 0 Å². The molecule has 0 unspecified atom stereocenters. The third-order valence-corrected chi connectivity index (χ3v) is 6.49. The molecule has 0 amide bonds. The van der Waals surface area contributed by atoms with E-state index in [0.717, 1.165) is 32.9 Å². The predicted octanol–water partition coefficient (Wildman–Crippen LogP) is 4.79. The fourth-order valence-electron chi connectivity index (χ4n) is 2.94. The van der Waals surface area contributed by atoms with E-state index in [1.54, 1.807) is 0 Å². The molecule has 1 aromatic heterocycles. The van der Waals surface area contributed by atoms with E-state index in [1.165, 1.54) is 26.5 Å². The topological polar surface area (TPSA) is 17.8 Å². The lowest BCUT2D eigenvalue weighted by atomic mass is 10.2. The normalized spacial score (nSPS) is 12.4. The quantitative estimate of drug-likeness (QED) is 0.301. The van der Waals surface area contributed by atoms with E-state index in [2.05, 4.69) is 73.9 Å². The molecule has 1 heterocycles. The SMILES string of the molecule is C=c1c(I)c/c(=c2/c(C)nn(-c3ccccc3)c2=C)cc1SCCCC. The van der Waals surface area contributed by atoms with E-state index in [-0.39, 0.29) is 0 Å². The van der Waals surface area contributed by atoms with Crippen molar-refractivity contribution in [3.63, 3.8) is 0 Å². The van der Waals surface area contributed by atoms with Crippen molar-refractivity contribution in [2.45, 2.75) is 31.6 Å². The molecule has 0 spiro atoms. The van der Waals surface area contributed by atoms with Crippen LogP contribution in [0.5, 0.6) is 0 Å². The van der Waals surface area contributed by atoms with Gasteiger partial charge in [-0.1, -0.05) is 44.7 Å². The number of aryl methyl sites for hydroxylation is 1. The molecule has 2 nitrogen and oxygen atoms in total. The lowest BCUT2D eigenvalue weighted by Crippen LogP contribution is -2.15. The molecule has 0 aliphatic heterocycles. The van der Waals surface area contributed by atoms with E-state index in [1.807, 2.05) is 34.6 Å². The summed E-state index contributed by atoms with van der Waals surface area (Å²) in [4.78, 5) is 1.26. The van der Waals surface area contributed by atoms with E-state index in [9.17, 15) is 0 Å². The third-order valence-electron chi connectivity index (χ3n) is 4.36. The summed E-state index contributed by atoms with van der Waals surface area (Å²) < 4.78 is 3.12. The Bertz CT molecular complexity index is 1100. The van der Waals surface area contributed by atoms with E-state index in [4.69, 9.17) is 5.10 Å². The number of rotatable bonds is 5. The number of aromatic nitrogens is 2. The molecule has 0 N–H and O–H groups in total. The molecule has 3 rings (SSSR count). The highest BCUT2D eigenvalue weighted by Gasteiger charge is 2.07. The van der Waals surface area contributed by atoms with Gasteiger partial charge >= 0.3 is 0 Å². The molecule has 26 heavy (non-hydrogen) atoms. The van der Waals surface area contributed by atoms with Crippen LogP contribution in [0.1, 0.15) is 25.5 Å². The third kappa shape index (κ3) is 3.91. The number of halogens is 1. The summed E-state index contributed by atoms with van der Waals surface area (Å²) in [5.41, 5.74) is 2.03. The molecule has 0 aliphatic carbocycles. The number of unbranched alkanes of at least 4 members (excludes halogenated alkanes) is 1. The monoisotopic (exact) mass is 474 g/mol. The molecule has 0 atom stereocenters. The van der Waals surface area contributed by atoms with E-state index < -0.39 is 0 Å². The van der Waals surface area contributed by atoms with Crippen LogP contribution < -0.4 is 10.6 Å². The minimum atomic E-state index is 0.922. The highest BCUT2D eigenvalue weighted by atomic mass is 127. The molecule has 0 saturated carbocycles. The van der Waals surface area contributed by atoms with Crippen LogP contribution in [-0.2, 0) is 0 Å². The number of benzene rings is 2. The minimum Gasteiger partial charge on any atom is -0.233 e. The van der Waals surface area contributed by atoms with Gasteiger partial charge in [-0.05, 0) is 76.4 Å². The smallest absolute Gasteiger partial charge is 0.0682 e. The molecule has 0 aliphatic rings. The van der Waals surface area contributed by atoms with Crippen molar-refractivity contribution in [2.75, 3.05) is 5.75 Å². The summed E-state index contributed by atoms with van der Waals surface area (Å²) >= 11 is 4.28. The zero-order valence-corrected chi connectivity index (χ0v) is 18.2. The van der Waals surface area contributed by atoms with Crippen LogP contribution in [0.4, 0.5) is 0 Å². The van der Waals surface area contributed by atoms with Crippen LogP contribution >= 0.6 is 34.4 Å². The molecule has 3 aromatic rings. The molecule has 0 bridgehead atoms. The second-order valence-electron chi connectivity index (χ2n) is 6.29. The zero-order chi connectivity index (χ0) is 18.7. The Morgan fingerprint density at radius 2 is 1.88 bits per heavy atom. The summed E-state index contributed by atoms with van der Waals surface area (Å²) in [6, 6.07) is 14.6. The van der Waals surface area contributed by atoms with E-state index >= 15 is 0 Å². The number of hydrogen-bond donors (Lipinski definition) is 0. The molecule has 0 radical (unpaired) electrons. The second kappa shape index (κ2) is 8.44. The average molecular weight is 474 g/mol. The summed E-state index contributed by atoms with van der Waals surface area (Å²) in [6.07, 6.45) is 2.43. The molecule has 2 aromatic carbocycles. The van der Waals surface area contributed by atoms with Crippen molar-refractivity contribution < 1.29 is 0 Å². The average Bonchev–Trinajstić information content (AvgIpc) is 2.94. The largest absolute Gasteiger partial charge is 0.233 e. The Labute approximate surface area is 172 Å². The number of hydrogen-bond acceptors (Lipinski definition) is 2. The maximum Gasteiger partial charge on any atom is 0.0682 e. The molecule has 4 heteroatoms. The first-order valence-corrected chi connectivity index (χ1v) is 10.8. The summed E-state index contributed by atoms with van der Waals surface area (Å²) in [5.74, 6) is 1.12. The summed E-state index contributed by atoms with van der Waals surface area (Å²) in [5, 5.41) is 9.07. The van der Waals surface area contributed by atoms with Gasteiger partial charge in [0.15, 0.2) is 0 Å². The fraction of sp³-hybridized carbons (Fsp3) is 0.227. The van der Waals surface area contributed by atoms with Crippen LogP contribution in [0.15, 0.2) is 47.4 Å². The lowest BCUT2D eigenvalue weighted by molar-refractivity contribution is 0.841. The minimum absolute atomic E-state index is 0.922. The van der Waals surface area contributed by atoms with Gasteiger partial charge in [0.25, 0.3) is 0 Å². The molecular weight excluding hydrogens is 451 g/mol. The van der Waals surface area contributed by atoms with Gasteiger partial charge in [0, 0.05) is 13.7 Å². The Morgan fingerprint density at radius 3 is 2.58 bits per heavy atom. The maximum atomic E-state index is 4.74. The van der Waals surface area contributed by atoms with Gasteiger partial charge < -0.3 is 0 Å². The van der Waals surface area contributed by atoms with Crippen LogP contribution in [0, 0.1) is 20.9 Å². The first-order valence-electron chi connectivity index (χ1n) is 8.78. The molecule has 0 fully saturated rings. The maximum absolute atomic E-state index is 4.74. The fourth-order valence-corrected chi connectivity index (χ4v) is 4.90. The Morgan fingerprint density at radius 1 is 1.15 bits per heavy atom. The van der Waals surface area contributed by atoms with Crippen LogP contribution in [0.25, 0.3) is 18.8 Å². The zero-order valence-electron chi connectivity index (χ0n) is 15.3. The van der Waals surface area contributed by atoms with Crippen molar-refractivity contribution in [2.24, 2.45) is 0 Å². The van der Waals surface area contributed by atoms with Crippen LogP contribution in [0.3, 0.4) is 0 Å². The van der Waals surface area contributed by atoms with Gasteiger partial charge in [0.2, 0.25) is 0 Å². The van der Waals surface area contributed by atoms with Crippen molar-refractivity contribution in [1.82, 2.24) is 9.78 Å². The van der Waals surface area contributed by atoms with Crippen molar-refractivity contribution in [3.05, 3.63) is 72.7 Å². The number of para-hydroxylation sites is 1. The van der Waals surface area contributed by atoms with Crippen molar-refractivity contribution >= 4 is 47.5 Å². The molecular formula is C22H23IN2S. The van der Waals surface area contributed by atoms with Crippen LogP contribution in [-0.4, -0.2) is 15.5 Å². The number of thioether (sulfide) groups is 1. The van der Waals surface area contributed by atoms with Gasteiger partial charge in [-0.15, -0.1) is 11.8 Å². The highest BCUT2D eigenvalue weighted by Crippen LogP contribution is 2.18.